The van der Waals surface area contributed by atoms with Gasteiger partial charge in [-0.1, -0.05) is 81.0 Å². The molecule has 3 amide bonds. The number of carboxylic acid groups (broad SMARTS) is 1. The van der Waals surface area contributed by atoms with E-state index in [9.17, 15) is 24.3 Å². The van der Waals surface area contributed by atoms with Crippen molar-refractivity contribution in [3.05, 3.63) is 89.0 Å². The Balaban J connectivity index is 1.14. The highest BCUT2D eigenvalue weighted by Gasteiger charge is 2.51. The Hall–Kier alpha value is -4.40. The van der Waals surface area contributed by atoms with Crippen LogP contribution in [0.4, 0.5) is 4.79 Å². The number of allylic oxidation sites excluding steroid dienone is 2. The summed E-state index contributed by atoms with van der Waals surface area (Å²) in [5.41, 5.74) is 2.97. The fourth-order valence-electron chi connectivity index (χ4n) is 8.73. The van der Waals surface area contributed by atoms with Crippen LogP contribution in [-0.4, -0.2) is 88.6 Å². The van der Waals surface area contributed by atoms with Crippen molar-refractivity contribution in [1.29, 1.82) is 0 Å². The maximum Gasteiger partial charge on any atom is 0.410 e. The number of rotatable bonds is 6. The molecule has 266 valence electrons. The zero-order chi connectivity index (χ0) is 36.1. The number of carboxylic acids is 1. The highest BCUT2D eigenvalue weighted by atomic mass is 16.6. The van der Waals surface area contributed by atoms with Gasteiger partial charge in [0.05, 0.1) is 11.0 Å². The minimum Gasteiger partial charge on any atom is -0.478 e. The van der Waals surface area contributed by atoms with Gasteiger partial charge in [-0.15, -0.1) is 0 Å². The quantitative estimate of drug-likeness (QED) is 0.337. The van der Waals surface area contributed by atoms with Crippen molar-refractivity contribution in [2.75, 3.05) is 39.3 Å². The van der Waals surface area contributed by atoms with Crippen molar-refractivity contribution in [1.82, 2.24) is 14.7 Å². The number of hydrogen-bond acceptors (Lipinski definition) is 5. The summed E-state index contributed by atoms with van der Waals surface area (Å²) in [5, 5.41) is 9.37. The molecule has 1 aliphatic carbocycles. The van der Waals surface area contributed by atoms with Gasteiger partial charge in [0.1, 0.15) is 5.60 Å². The number of ether oxygens (including phenoxy) is 1. The minimum atomic E-state index is -0.937. The molecule has 0 unspecified atom stereocenters. The normalized spacial score (nSPS) is 23.2. The van der Waals surface area contributed by atoms with Crippen molar-refractivity contribution < 1.29 is 29.0 Å². The molecule has 2 fully saturated rings. The average Bonchev–Trinajstić information content (AvgIpc) is 3.05. The van der Waals surface area contributed by atoms with E-state index in [0.29, 0.717) is 58.5 Å². The summed E-state index contributed by atoms with van der Waals surface area (Å²) >= 11 is 0. The number of fused-ring (bicyclic) bond motifs is 1. The Labute approximate surface area is 296 Å². The van der Waals surface area contributed by atoms with Gasteiger partial charge in [-0.05, 0) is 68.9 Å². The van der Waals surface area contributed by atoms with Gasteiger partial charge in [-0.2, -0.15) is 0 Å². The van der Waals surface area contributed by atoms with E-state index in [0.717, 1.165) is 17.5 Å². The largest absolute Gasteiger partial charge is 0.478 e. The molecule has 2 saturated heterocycles. The van der Waals surface area contributed by atoms with E-state index in [4.69, 9.17) is 4.74 Å². The number of carbonyl (C=O) groups excluding carboxylic acids is 3. The van der Waals surface area contributed by atoms with Crippen LogP contribution in [0.15, 0.2) is 72.3 Å². The lowest BCUT2D eigenvalue weighted by Gasteiger charge is -2.52. The average molecular weight is 682 g/mol. The number of carbonyl (C=O) groups is 4. The smallest absolute Gasteiger partial charge is 0.410 e. The highest BCUT2D eigenvalue weighted by Crippen LogP contribution is 2.55. The summed E-state index contributed by atoms with van der Waals surface area (Å²) in [6, 6.07) is 17.2. The molecule has 9 heteroatoms. The Morgan fingerprint density at radius 3 is 2.10 bits per heavy atom. The number of aromatic carboxylic acids is 1. The predicted molar refractivity (Wildman–Crippen MR) is 192 cm³/mol. The molecule has 0 bridgehead atoms. The lowest BCUT2D eigenvalue weighted by molar-refractivity contribution is -0.144. The highest BCUT2D eigenvalue weighted by molar-refractivity contribution is 5.90. The van der Waals surface area contributed by atoms with Gasteiger partial charge in [0.2, 0.25) is 11.8 Å². The molecule has 50 heavy (non-hydrogen) atoms. The summed E-state index contributed by atoms with van der Waals surface area (Å²) in [4.78, 5) is 57.6. The first-order valence-corrected chi connectivity index (χ1v) is 17.9. The molecule has 2 aromatic rings. The van der Waals surface area contributed by atoms with Gasteiger partial charge in [-0.3, -0.25) is 9.59 Å². The van der Waals surface area contributed by atoms with Gasteiger partial charge in [0.15, 0.2) is 0 Å². The molecule has 4 aliphatic rings. The standard InChI is InChI=1S/C41H51N3O6/c1-38(2,3)50-37(49)44-25-28(26-44)24-34(45)42-22-19-41(20-23-42,31-10-8-7-9-11-31)36(48)43-21-17-33-39(4,5)32(16-18-40(33,6)27-43)29-12-14-30(15-13-29)35(46)47/h7-17,28H,18-27H2,1-6H3,(H,46,47)/t40-/m1/s1. The summed E-state index contributed by atoms with van der Waals surface area (Å²) in [5.74, 6) is -0.620. The first kappa shape index (κ1) is 35.4. The van der Waals surface area contributed by atoms with Crippen LogP contribution in [0.3, 0.4) is 0 Å². The van der Waals surface area contributed by atoms with Crippen LogP contribution in [-0.2, 0) is 19.7 Å². The van der Waals surface area contributed by atoms with Crippen LogP contribution in [0.2, 0.25) is 0 Å². The summed E-state index contributed by atoms with van der Waals surface area (Å²) in [6.45, 7) is 15.4. The summed E-state index contributed by atoms with van der Waals surface area (Å²) in [7, 11) is 0. The molecular formula is C41H51N3O6. The molecule has 0 aromatic heterocycles. The van der Waals surface area contributed by atoms with E-state index in [1.165, 1.54) is 11.1 Å². The maximum atomic E-state index is 14.8. The molecule has 2 aromatic carbocycles. The predicted octanol–water partition coefficient (Wildman–Crippen LogP) is 6.79. The number of hydrogen-bond donors (Lipinski definition) is 1. The van der Waals surface area contributed by atoms with E-state index in [2.05, 4.69) is 45.1 Å². The van der Waals surface area contributed by atoms with Gasteiger partial charge in [0, 0.05) is 62.4 Å². The zero-order valence-electron chi connectivity index (χ0n) is 30.3. The molecular weight excluding hydrogens is 630 g/mol. The number of benzene rings is 2. The minimum absolute atomic E-state index is 0.0793. The van der Waals surface area contributed by atoms with Gasteiger partial charge in [0.25, 0.3) is 0 Å². The van der Waals surface area contributed by atoms with Crippen molar-refractivity contribution in [2.24, 2.45) is 16.7 Å². The maximum absolute atomic E-state index is 14.8. The Morgan fingerprint density at radius 1 is 0.860 bits per heavy atom. The fraction of sp³-hybridized carbons (Fsp3) is 0.512. The molecule has 3 aliphatic heterocycles. The lowest BCUT2D eigenvalue weighted by Crippen LogP contribution is -2.58. The van der Waals surface area contributed by atoms with Crippen molar-refractivity contribution in [3.8, 4) is 0 Å². The molecule has 3 heterocycles. The molecule has 1 N–H and O–H groups in total. The third-order valence-electron chi connectivity index (χ3n) is 11.3. The zero-order valence-corrected chi connectivity index (χ0v) is 30.3. The lowest BCUT2D eigenvalue weighted by atomic mass is 9.58. The van der Waals surface area contributed by atoms with Gasteiger partial charge in [-0.25, -0.2) is 9.59 Å². The van der Waals surface area contributed by atoms with Gasteiger partial charge >= 0.3 is 12.1 Å². The van der Waals surface area contributed by atoms with Crippen LogP contribution >= 0.6 is 0 Å². The Bertz CT molecular complexity index is 1710. The monoisotopic (exact) mass is 681 g/mol. The third-order valence-corrected chi connectivity index (χ3v) is 11.3. The summed E-state index contributed by atoms with van der Waals surface area (Å²) < 4.78 is 5.46. The van der Waals surface area contributed by atoms with E-state index >= 15 is 0 Å². The van der Waals surface area contributed by atoms with E-state index in [1.807, 2.05) is 60.9 Å². The number of piperidine rings is 1. The van der Waals surface area contributed by atoms with Crippen molar-refractivity contribution >= 4 is 29.5 Å². The topological polar surface area (TPSA) is 107 Å². The molecule has 0 saturated carbocycles. The van der Waals surface area contributed by atoms with Crippen LogP contribution in [0.5, 0.6) is 0 Å². The van der Waals surface area contributed by atoms with Crippen LogP contribution in [0.25, 0.3) is 5.57 Å². The van der Waals surface area contributed by atoms with Crippen molar-refractivity contribution in [3.63, 3.8) is 0 Å². The number of likely N-dealkylation sites (tertiary alicyclic amines) is 2. The van der Waals surface area contributed by atoms with Crippen LogP contribution in [0.1, 0.15) is 88.7 Å². The molecule has 6 rings (SSSR count). The van der Waals surface area contributed by atoms with Crippen LogP contribution < -0.4 is 0 Å². The van der Waals surface area contributed by atoms with E-state index in [1.54, 1.807) is 17.0 Å². The second-order valence-corrected chi connectivity index (χ2v) is 16.5. The Morgan fingerprint density at radius 2 is 1.50 bits per heavy atom. The third kappa shape index (κ3) is 6.71. The second-order valence-electron chi connectivity index (χ2n) is 16.5. The summed E-state index contributed by atoms with van der Waals surface area (Å²) in [6.07, 6.45) is 6.46. The molecule has 0 radical (unpaired) electrons. The molecule has 1 atom stereocenters. The van der Waals surface area contributed by atoms with Crippen LogP contribution in [0, 0.1) is 16.7 Å². The van der Waals surface area contributed by atoms with E-state index < -0.39 is 17.0 Å². The SMILES string of the molecule is CC(C)(C)OC(=O)N1CC(CC(=O)N2CCC(C(=O)N3CC=C4C(C)(C)C(c5ccc(C(=O)O)cc5)=CC[C@]4(C)C3)(c3ccccc3)CC2)C1. The first-order chi connectivity index (χ1) is 23.5. The Kier molecular flexibility index (Phi) is 9.25. The molecule has 0 spiro atoms. The number of nitrogens with zero attached hydrogens (tertiary/aromatic N) is 3. The van der Waals surface area contributed by atoms with Crippen molar-refractivity contribution in [2.45, 2.75) is 78.2 Å². The first-order valence-electron chi connectivity index (χ1n) is 17.9. The van der Waals surface area contributed by atoms with E-state index in [-0.39, 0.29) is 40.2 Å². The second kappa shape index (κ2) is 13.1. The van der Waals surface area contributed by atoms with Gasteiger partial charge < -0.3 is 24.5 Å². The fourth-order valence-corrected chi connectivity index (χ4v) is 8.73. The number of amides is 3. The molecule has 9 nitrogen and oxygen atoms in total.